The average Bonchev–Trinajstić information content (AvgIpc) is 2.41. The number of carbonyl (C=O) groups is 1. The van der Waals surface area contributed by atoms with Crippen LogP contribution in [0.15, 0.2) is 18.2 Å². The van der Waals surface area contributed by atoms with Gasteiger partial charge in [-0.1, -0.05) is 23.8 Å². The number of likely N-dealkylation sites (tertiary alicyclic amines) is 1. The molecule has 1 amide bonds. The lowest BCUT2D eigenvalue weighted by atomic mass is 10.0. The van der Waals surface area contributed by atoms with Crippen molar-refractivity contribution in [2.75, 3.05) is 13.1 Å². The van der Waals surface area contributed by atoms with Gasteiger partial charge in [0.25, 0.3) is 0 Å². The molecule has 0 spiro atoms. The summed E-state index contributed by atoms with van der Waals surface area (Å²) in [6.45, 7) is 5.74. The van der Waals surface area contributed by atoms with Crippen LogP contribution in [-0.4, -0.2) is 23.9 Å². The Labute approximate surface area is 114 Å². The summed E-state index contributed by atoms with van der Waals surface area (Å²) in [5.41, 5.74) is 3.19. The first kappa shape index (κ1) is 13.4. The molecule has 1 aromatic rings. The number of hydrogen-bond acceptors (Lipinski definition) is 1. The molecule has 0 N–H and O–H groups in total. The van der Waals surface area contributed by atoms with Crippen molar-refractivity contribution in [3.05, 3.63) is 34.9 Å². The predicted octanol–water partition coefficient (Wildman–Crippen LogP) is 3.60. The maximum Gasteiger partial charge on any atom is 0.245 e. The van der Waals surface area contributed by atoms with Crippen LogP contribution < -0.4 is 0 Å². The van der Waals surface area contributed by atoms with E-state index in [4.69, 9.17) is 11.6 Å². The number of nitrogens with zero attached hydrogens (tertiary/aromatic N) is 1. The van der Waals surface area contributed by atoms with E-state index >= 15 is 0 Å². The van der Waals surface area contributed by atoms with Crippen molar-refractivity contribution in [1.82, 2.24) is 4.90 Å². The maximum atomic E-state index is 12.4. The molecule has 0 radical (unpaired) electrons. The zero-order valence-electron chi connectivity index (χ0n) is 11.1. The lowest BCUT2D eigenvalue weighted by Gasteiger charge is -2.29. The summed E-state index contributed by atoms with van der Waals surface area (Å²) in [4.78, 5) is 14.3. The normalized spacial score (nSPS) is 17.6. The molecule has 1 fully saturated rings. The molecule has 0 bridgehead atoms. The second-order valence-electron chi connectivity index (χ2n) is 5.11. The number of alkyl halides is 1. The Bertz CT molecular complexity index is 438. The molecule has 1 atom stereocenters. The van der Waals surface area contributed by atoms with Gasteiger partial charge in [0.15, 0.2) is 0 Å². The van der Waals surface area contributed by atoms with E-state index in [0.29, 0.717) is 0 Å². The van der Waals surface area contributed by atoms with E-state index in [1.54, 1.807) is 0 Å². The van der Waals surface area contributed by atoms with E-state index in [-0.39, 0.29) is 5.91 Å². The van der Waals surface area contributed by atoms with Crippen LogP contribution in [0.2, 0.25) is 0 Å². The standard InChI is InChI=1S/C15H20ClNO/c1-11-6-7-12(2)13(10-11)14(16)15(18)17-8-4-3-5-9-17/h6-7,10,14H,3-5,8-9H2,1-2H3. The second-order valence-corrected chi connectivity index (χ2v) is 5.54. The Morgan fingerprint density at radius 3 is 2.56 bits per heavy atom. The first-order valence-electron chi connectivity index (χ1n) is 6.59. The highest BCUT2D eigenvalue weighted by Gasteiger charge is 2.26. The minimum atomic E-state index is -0.539. The summed E-state index contributed by atoms with van der Waals surface area (Å²) in [7, 11) is 0. The van der Waals surface area contributed by atoms with Crippen LogP contribution in [0.25, 0.3) is 0 Å². The number of amides is 1. The minimum Gasteiger partial charge on any atom is -0.341 e. The summed E-state index contributed by atoms with van der Waals surface area (Å²) in [5.74, 6) is 0.0602. The number of aryl methyl sites for hydroxylation is 2. The number of rotatable bonds is 2. The molecule has 0 saturated carbocycles. The molecular formula is C15H20ClNO. The molecule has 2 nitrogen and oxygen atoms in total. The van der Waals surface area contributed by atoms with Crippen molar-refractivity contribution in [3.8, 4) is 0 Å². The van der Waals surface area contributed by atoms with Crippen LogP contribution in [0.5, 0.6) is 0 Å². The summed E-state index contributed by atoms with van der Waals surface area (Å²) in [6.07, 6.45) is 3.42. The van der Waals surface area contributed by atoms with Gasteiger partial charge in [-0.25, -0.2) is 0 Å². The third kappa shape index (κ3) is 2.86. The van der Waals surface area contributed by atoms with E-state index in [9.17, 15) is 4.79 Å². The van der Waals surface area contributed by atoms with Crippen molar-refractivity contribution >= 4 is 17.5 Å². The molecule has 98 valence electrons. The lowest BCUT2D eigenvalue weighted by Crippen LogP contribution is -2.37. The summed E-state index contributed by atoms with van der Waals surface area (Å²) < 4.78 is 0. The number of carbonyl (C=O) groups excluding carboxylic acids is 1. The highest BCUT2D eigenvalue weighted by molar-refractivity contribution is 6.30. The van der Waals surface area contributed by atoms with Crippen LogP contribution in [-0.2, 0) is 4.79 Å². The van der Waals surface area contributed by atoms with Crippen LogP contribution in [0.1, 0.15) is 41.3 Å². The Morgan fingerprint density at radius 2 is 1.89 bits per heavy atom. The Morgan fingerprint density at radius 1 is 1.22 bits per heavy atom. The van der Waals surface area contributed by atoms with Gasteiger partial charge in [0.05, 0.1) is 0 Å². The molecule has 2 rings (SSSR count). The quantitative estimate of drug-likeness (QED) is 0.749. The van der Waals surface area contributed by atoms with Gasteiger partial charge in [-0.3, -0.25) is 4.79 Å². The zero-order chi connectivity index (χ0) is 13.1. The van der Waals surface area contributed by atoms with Gasteiger partial charge >= 0.3 is 0 Å². The Hall–Kier alpha value is -1.02. The van der Waals surface area contributed by atoms with Crippen LogP contribution in [0, 0.1) is 13.8 Å². The zero-order valence-corrected chi connectivity index (χ0v) is 11.8. The van der Waals surface area contributed by atoms with E-state index < -0.39 is 5.38 Å². The van der Waals surface area contributed by atoms with Crippen molar-refractivity contribution in [1.29, 1.82) is 0 Å². The third-order valence-corrected chi connectivity index (χ3v) is 4.01. The number of halogens is 1. The van der Waals surface area contributed by atoms with Gasteiger partial charge in [-0.05, 0) is 44.2 Å². The van der Waals surface area contributed by atoms with Gasteiger partial charge in [0.2, 0.25) is 5.91 Å². The molecule has 1 unspecified atom stereocenters. The third-order valence-electron chi connectivity index (χ3n) is 3.59. The molecule has 3 heteroatoms. The Kier molecular flexibility index (Phi) is 4.28. The molecule has 0 aliphatic carbocycles. The fourth-order valence-corrected chi connectivity index (χ4v) is 2.81. The number of benzene rings is 1. The highest BCUT2D eigenvalue weighted by atomic mass is 35.5. The van der Waals surface area contributed by atoms with Gasteiger partial charge in [0.1, 0.15) is 5.38 Å². The van der Waals surface area contributed by atoms with Crippen molar-refractivity contribution in [3.63, 3.8) is 0 Å². The van der Waals surface area contributed by atoms with Crippen LogP contribution in [0.4, 0.5) is 0 Å². The number of hydrogen-bond donors (Lipinski definition) is 0. The fraction of sp³-hybridized carbons (Fsp3) is 0.533. The van der Waals surface area contributed by atoms with Gasteiger partial charge < -0.3 is 4.90 Å². The van der Waals surface area contributed by atoms with E-state index in [0.717, 1.165) is 42.6 Å². The van der Waals surface area contributed by atoms with Gasteiger partial charge in [-0.2, -0.15) is 0 Å². The largest absolute Gasteiger partial charge is 0.341 e. The molecular weight excluding hydrogens is 246 g/mol. The summed E-state index contributed by atoms with van der Waals surface area (Å²) in [5, 5.41) is -0.539. The topological polar surface area (TPSA) is 20.3 Å². The monoisotopic (exact) mass is 265 g/mol. The molecule has 1 aliphatic heterocycles. The van der Waals surface area contributed by atoms with E-state index in [2.05, 4.69) is 0 Å². The highest BCUT2D eigenvalue weighted by Crippen LogP contribution is 2.28. The number of piperidine rings is 1. The van der Waals surface area contributed by atoms with Crippen molar-refractivity contribution < 1.29 is 4.79 Å². The Balaban J connectivity index is 2.16. The second kappa shape index (κ2) is 5.75. The molecule has 1 aliphatic rings. The van der Waals surface area contributed by atoms with Gasteiger partial charge in [-0.15, -0.1) is 11.6 Å². The smallest absolute Gasteiger partial charge is 0.245 e. The van der Waals surface area contributed by atoms with Crippen molar-refractivity contribution in [2.24, 2.45) is 0 Å². The fourth-order valence-electron chi connectivity index (χ4n) is 2.44. The predicted molar refractivity (Wildman–Crippen MR) is 74.9 cm³/mol. The van der Waals surface area contributed by atoms with Crippen LogP contribution in [0.3, 0.4) is 0 Å². The maximum absolute atomic E-state index is 12.4. The molecule has 1 aromatic carbocycles. The SMILES string of the molecule is Cc1ccc(C)c(C(Cl)C(=O)N2CCCCC2)c1. The molecule has 1 heterocycles. The lowest BCUT2D eigenvalue weighted by molar-refractivity contribution is -0.131. The van der Waals surface area contributed by atoms with E-state index in [1.807, 2.05) is 36.9 Å². The summed E-state index contributed by atoms with van der Waals surface area (Å²) in [6, 6.07) is 6.10. The van der Waals surface area contributed by atoms with E-state index in [1.165, 1.54) is 6.42 Å². The molecule has 0 aromatic heterocycles. The average molecular weight is 266 g/mol. The minimum absolute atomic E-state index is 0.0602. The first-order valence-corrected chi connectivity index (χ1v) is 7.03. The van der Waals surface area contributed by atoms with Crippen LogP contribution >= 0.6 is 11.6 Å². The molecule has 1 saturated heterocycles. The van der Waals surface area contributed by atoms with Gasteiger partial charge in [0, 0.05) is 13.1 Å². The molecule has 18 heavy (non-hydrogen) atoms. The van der Waals surface area contributed by atoms with Crippen molar-refractivity contribution in [2.45, 2.75) is 38.5 Å². The summed E-state index contributed by atoms with van der Waals surface area (Å²) >= 11 is 6.38. The first-order chi connectivity index (χ1) is 8.59.